The Labute approximate surface area is 107 Å². The van der Waals surface area contributed by atoms with Crippen LogP contribution >= 0.6 is 0 Å². The first-order valence-electron chi connectivity index (χ1n) is 5.28. The average Bonchev–Trinajstić information content (AvgIpc) is 2.70. The van der Waals surface area contributed by atoms with Crippen molar-refractivity contribution in [3.63, 3.8) is 0 Å². The summed E-state index contributed by atoms with van der Waals surface area (Å²) >= 11 is 0. The normalized spacial score (nSPS) is 10.2. The highest BCUT2D eigenvalue weighted by Crippen LogP contribution is 2.26. The molecule has 0 amide bonds. The van der Waals surface area contributed by atoms with Gasteiger partial charge in [0.25, 0.3) is 0 Å². The third kappa shape index (κ3) is 2.18. The standard InChI is InChI=1S/C13H9F2N3O/c1-2-5-18-13(16)9(7-19)12(17-18)8-3-4-10(14)11(15)6-8/h1,3-4,6-7H,5,16H2. The maximum Gasteiger partial charge on any atom is 0.159 e. The van der Waals surface area contributed by atoms with Crippen LogP contribution in [0.2, 0.25) is 0 Å². The smallest absolute Gasteiger partial charge is 0.159 e. The second-order valence-electron chi connectivity index (χ2n) is 3.76. The zero-order valence-corrected chi connectivity index (χ0v) is 9.73. The number of benzene rings is 1. The van der Waals surface area contributed by atoms with Crippen molar-refractivity contribution in [2.24, 2.45) is 0 Å². The van der Waals surface area contributed by atoms with Crippen molar-refractivity contribution in [2.45, 2.75) is 6.54 Å². The summed E-state index contributed by atoms with van der Waals surface area (Å²) in [6, 6.07) is 3.22. The Balaban J connectivity index is 2.61. The van der Waals surface area contributed by atoms with Gasteiger partial charge in [0.2, 0.25) is 0 Å². The van der Waals surface area contributed by atoms with Crippen molar-refractivity contribution in [2.75, 3.05) is 5.73 Å². The van der Waals surface area contributed by atoms with Gasteiger partial charge in [-0.3, -0.25) is 4.79 Å². The minimum absolute atomic E-state index is 0.0797. The van der Waals surface area contributed by atoms with E-state index in [9.17, 15) is 13.6 Å². The van der Waals surface area contributed by atoms with Gasteiger partial charge in [0.15, 0.2) is 17.9 Å². The Hall–Kier alpha value is -2.68. The molecule has 0 fully saturated rings. The summed E-state index contributed by atoms with van der Waals surface area (Å²) in [6.07, 6.45) is 5.65. The van der Waals surface area contributed by atoms with E-state index in [0.717, 1.165) is 12.1 Å². The summed E-state index contributed by atoms with van der Waals surface area (Å²) in [5, 5.41) is 4.04. The number of hydrogen-bond acceptors (Lipinski definition) is 3. The van der Waals surface area contributed by atoms with Crippen molar-refractivity contribution < 1.29 is 13.6 Å². The molecule has 0 aliphatic rings. The Kier molecular flexibility index (Phi) is 3.29. The first kappa shape index (κ1) is 12.8. The van der Waals surface area contributed by atoms with E-state index in [1.807, 2.05) is 0 Å². The van der Waals surface area contributed by atoms with Crippen molar-refractivity contribution in [3.05, 3.63) is 35.4 Å². The van der Waals surface area contributed by atoms with Crippen LogP contribution < -0.4 is 5.73 Å². The van der Waals surface area contributed by atoms with E-state index in [2.05, 4.69) is 11.0 Å². The molecule has 1 heterocycles. The fourth-order valence-corrected chi connectivity index (χ4v) is 1.67. The van der Waals surface area contributed by atoms with Crippen LogP contribution in [0.15, 0.2) is 18.2 Å². The molecule has 1 aromatic heterocycles. The molecule has 2 N–H and O–H groups in total. The summed E-state index contributed by atoms with van der Waals surface area (Å²) in [6.45, 7) is 0.0797. The van der Waals surface area contributed by atoms with Crippen molar-refractivity contribution in [3.8, 4) is 23.6 Å². The van der Waals surface area contributed by atoms with Crippen LogP contribution in [0.3, 0.4) is 0 Å². The van der Waals surface area contributed by atoms with Gasteiger partial charge in [0.05, 0.1) is 5.56 Å². The van der Waals surface area contributed by atoms with Crippen molar-refractivity contribution >= 4 is 12.1 Å². The minimum atomic E-state index is -1.03. The lowest BCUT2D eigenvalue weighted by Crippen LogP contribution is -2.03. The molecule has 0 atom stereocenters. The second kappa shape index (κ2) is 4.90. The van der Waals surface area contributed by atoms with Crippen LogP contribution in [0.1, 0.15) is 10.4 Å². The maximum atomic E-state index is 13.2. The topological polar surface area (TPSA) is 60.9 Å². The number of nitrogens with zero attached hydrogens (tertiary/aromatic N) is 2. The number of anilines is 1. The van der Waals surface area contributed by atoms with Crippen molar-refractivity contribution in [1.82, 2.24) is 9.78 Å². The molecular weight excluding hydrogens is 252 g/mol. The van der Waals surface area contributed by atoms with Gasteiger partial charge in [0, 0.05) is 5.56 Å². The second-order valence-corrected chi connectivity index (χ2v) is 3.76. The number of carbonyl (C=O) groups excluding carboxylic acids is 1. The maximum absolute atomic E-state index is 13.2. The zero-order valence-electron chi connectivity index (χ0n) is 9.73. The van der Waals surface area contributed by atoms with E-state index in [1.165, 1.54) is 10.7 Å². The zero-order chi connectivity index (χ0) is 14.0. The molecule has 0 unspecified atom stereocenters. The van der Waals surface area contributed by atoms with E-state index in [0.29, 0.717) is 6.29 Å². The number of nitrogen functional groups attached to an aromatic ring is 1. The fourth-order valence-electron chi connectivity index (χ4n) is 1.67. The minimum Gasteiger partial charge on any atom is -0.383 e. The molecule has 4 nitrogen and oxygen atoms in total. The van der Waals surface area contributed by atoms with Gasteiger partial charge in [-0.1, -0.05) is 5.92 Å². The molecule has 0 saturated heterocycles. The number of hydrogen-bond donors (Lipinski definition) is 1. The predicted molar refractivity (Wildman–Crippen MR) is 66.2 cm³/mol. The molecule has 1 aromatic carbocycles. The van der Waals surface area contributed by atoms with Gasteiger partial charge in [0.1, 0.15) is 18.1 Å². The molecule has 0 aliphatic heterocycles. The first-order valence-corrected chi connectivity index (χ1v) is 5.28. The van der Waals surface area contributed by atoms with Crippen LogP contribution in [0.4, 0.5) is 14.6 Å². The number of rotatable bonds is 3. The number of halogens is 2. The quantitative estimate of drug-likeness (QED) is 0.677. The molecular formula is C13H9F2N3O. The van der Waals surface area contributed by atoms with Crippen LogP contribution in [0.5, 0.6) is 0 Å². The molecule has 2 aromatic rings. The highest BCUT2D eigenvalue weighted by molar-refractivity contribution is 5.91. The molecule has 6 heteroatoms. The summed E-state index contributed by atoms with van der Waals surface area (Å²) in [7, 11) is 0. The summed E-state index contributed by atoms with van der Waals surface area (Å²) in [5.74, 6) is 0.415. The third-order valence-corrected chi connectivity index (χ3v) is 2.58. The number of carbonyl (C=O) groups is 1. The number of nitrogens with two attached hydrogens (primary N) is 1. The molecule has 0 bridgehead atoms. The molecule has 0 spiro atoms. The van der Waals surface area contributed by atoms with Crippen LogP contribution in [0.25, 0.3) is 11.3 Å². The van der Waals surface area contributed by atoms with Gasteiger partial charge in [-0.05, 0) is 18.2 Å². The van der Waals surface area contributed by atoms with Gasteiger partial charge in [-0.25, -0.2) is 13.5 Å². The van der Waals surface area contributed by atoms with Gasteiger partial charge >= 0.3 is 0 Å². The molecule has 19 heavy (non-hydrogen) atoms. The Bertz CT molecular complexity index is 686. The lowest BCUT2D eigenvalue weighted by atomic mass is 10.1. The molecule has 2 rings (SSSR count). The summed E-state index contributed by atoms with van der Waals surface area (Å²) in [5.41, 5.74) is 6.23. The van der Waals surface area contributed by atoms with Gasteiger partial charge in [-0.2, -0.15) is 5.10 Å². The monoisotopic (exact) mass is 261 g/mol. The molecule has 0 aliphatic carbocycles. The Morgan fingerprint density at radius 1 is 1.42 bits per heavy atom. The predicted octanol–water partition coefficient (Wildman–Crippen LogP) is 1.86. The van der Waals surface area contributed by atoms with E-state index in [1.54, 1.807) is 0 Å². The van der Waals surface area contributed by atoms with Gasteiger partial charge in [-0.15, -0.1) is 6.42 Å². The number of terminal acetylenes is 1. The average molecular weight is 261 g/mol. The number of aldehydes is 1. The summed E-state index contributed by atoms with van der Waals surface area (Å²) in [4.78, 5) is 11.0. The van der Waals surface area contributed by atoms with E-state index in [4.69, 9.17) is 12.2 Å². The fraction of sp³-hybridized carbons (Fsp3) is 0.0769. The Morgan fingerprint density at radius 2 is 2.16 bits per heavy atom. The molecule has 0 radical (unpaired) electrons. The van der Waals surface area contributed by atoms with Crippen LogP contribution in [-0.2, 0) is 6.54 Å². The third-order valence-electron chi connectivity index (χ3n) is 2.58. The highest BCUT2D eigenvalue weighted by Gasteiger charge is 2.17. The van der Waals surface area contributed by atoms with Crippen molar-refractivity contribution in [1.29, 1.82) is 0 Å². The highest BCUT2D eigenvalue weighted by atomic mass is 19.2. The van der Waals surface area contributed by atoms with E-state index < -0.39 is 11.6 Å². The Morgan fingerprint density at radius 3 is 2.74 bits per heavy atom. The van der Waals surface area contributed by atoms with Gasteiger partial charge < -0.3 is 5.73 Å². The van der Waals surface area contributed by atoms with Crippen LogP contribution in [-0.4, -0.2) is 16.1 Å². The lowest BCUT2D eigenvalue weighted by Gasteiger charge is -1.99. The molecule has 0 saturated carbocycles. The summed E-state index contributed by atoms with van der Waals surface area (Å²) < 4.78 is 27.3. The largest absolute Gasteiger partial charge is 0.383 e. The van der Waals surface area contributed by atoms with E-state index in [-0.39, 0.29) is 29.2 Å². The molecule has 96 valence electrons. The first-order chi connectivity index (χ1) is 9.08. The van der Waals surface area contributed by atoms with E-state index >= 15 is 0 Å². The number of aromatic nitrogens is 2. The SMILES string of the molecule is C#CCn1nc(-c2ccc(F)c(F)c2)c(C=O)c1N. The lowest BCUT2D eigenvalue weighted by molar-refractivity contribution is 0.112. The van der Waals surface area contributed by atoms with Crippen LogP contribution in [0, 0.1) is 24.0 Å².